The van der Waals surface area contributed by atoms with Crippen molar-refractivity contribution < 1.29 is 9.59 Å². The van der Waals surface area contributed by atoms with Gasteiger partial charge in [0.05, 0.1) is 0 Å². The predicted octanol–water partition coefficient (Wildman–Crippen LogP) is 2.26. The maximum atomic E-state index is 12.4. The number of nitrogens with one attached hydrogen (secondary N) is 1. The van der Waals surface area contributed by atoms with Crippen molar-refractivity contribution in [3.8, 4) is 0 Å². The second kappa shape index (κ2) is 8.99. The van der Waals surface area contributed by atoms with Crippen molar-refractivity contribution in [1.82, 2.24) is 15.1 Å². The van der Waals surface area contributed by atoms with Gasteiger partial charge in [-0.05, 0) is 38.1 Å². The third kappa shape index (κ3) is 5.85. The van der Waals surface area contributed by atoms with E-state index in [1.165, 1.54) is 5.56 Å². The van der Waals surface area contributed by atoms with E-state index in [4.69, 9.17) is 0 Å². The number of benzene rings is 1. The molecule has 1 saturated heterocycles. The van der Waals surface area contributed by atoms with Crippen molar-refractivity contribution in [3.05, 3.63) is 35.4 Å². The molecular weight excluding hydrogens is 314 g/mol. The van der Waals surface area contributed by atoms with Crippen molar-refractivity contribution in [1.29, 1.82) is 0 Å². The van der Waals surface area contributed by atoms with Gasteiger partial charge < -0.3 is 15.1 Å². The van der Waals surface area contributed by atoms with E-state index in [2.05, 4.69) is 34.5 Å². The van der Waals surface area contributed by atoms with Crippen LogP contribution < -0.4 is 5.32 Å². The Bertz CT molecular complexity index is 573. The molecule has 0 spiro atoms. The van der Waals surface area contributed by atoms with E-state index in [0.717, 1.165) is 24.9 Å². The molecule has 1 fully saturated rings. The highest BCUT2D eigenvalue weighted by atomic mass is 16.2. The Morgan fingerprint density at radius 1 is 1.12 bits per heavy atom. The van der Waals surface area contributed by atoms with Crippen LogP contribution in [-0.2, 0) is 22.7 Å². The van der Waals surface area contributed by atoms with Gasteiger partial charge in [0, 0.05) is 38.0 Å². The first-order valence-corrected chi connectivity index (χ1v) is 9.16. The van der Waals surface area contributed by atoms with Crippen LogP contribution in [-0.4, -0.2) is 48.8 Å². The van der Waals surface area contributed by atoms with Gasteiger partial charge in [0.1, 0.15) is 0 Å². The fraction of sp³-hybridized carbons (Fsp3) is 0.600. The van der Waals surface area contributed by atoms with Crippen LogP contribution in [0.25, 0.3) is 0 Å². The molecule has 1 N–H and O–H groups in total. The van der Waals surface area contributed by atoms with Gasteiger partial charge in [-0.25, -0.2) is 0 Å². The summed E-state index contributed by atoms with van der Waals surface area (Å²) < 4.78 is 0. The minimum atomic E-state index is 0.0178. The van der Waals surface area contributed by atoms with E-state index in [-0.39, 0.29) is 23.7 Å². The second-order valence-electron chi connectivity index (χ2n) is 7.53. The van der Waals surface area contributed by atoms with Gasteiger partial charge >= 0.3 is 0 Å². The van der Waals surface area contributed by atoms with Crippen LogP contribution >= 0.6 is 0 Å². The number of likely N-dealkylation sites (tertiary alicyclic amines) is 1. The van der Waals surface area contributed by atoms with Crippen molar-refractivity contribution in [2.24, 2.45) is 11.8 Å². The largest absolute Gasteiger partial charge is 0.352 e. The number of amides is 2. The molecule has 1 aliphatic rings. The number of carbonyl (C=O) groups is 2. The normalized spacial score (nSPS) is 15.7. The summed E-state index contributed by atoms with van der Waals surface area (Å²) in [4.78, 5) is 28.4. The zero-order chi connectivity index (χ0) is 18.4. The van der Waals surface area contributed by atoms with Gasteiger partial charge in [-0.15, -0.1) is 0 Å². The summed E-state index contributed by atoms with van der Waals surface area (Å²) in [6, 6.07) is 8.36. The highest BCUT2D eigenvalue weighted by Crippen LogP contribution is 2.19. The number of rotatable bonds is 6. The van der Waals surface area contributed by atoms with Crippen molar-refractivity contribution in [2.45, 2.75) is 39.8 Å². The Labute approximate surface area is 151 Å². The molecule has 138 valence electrons. The van der Waals surface area contributed by atoms with Gasteiger partial charge in [-0.1, -0.05) is 38.1 Å². The monoisotopic (exact) mass is 345 g/mol. The molecule has 0 unspecified atom stereocenters. The van der Waals surface area contributed by atoms with Crippen molar-refractivity contribution >= 4 is 11.8 Å². The zero-order valence-corrected chi connectivity index (χ0v) is 15.9. The molecule has 0 aromatic heterocycles. The molecule has 2 amide bonds. The first-order valence-electron chi connectivity index (χ1n) is 9.16. The molecule has 5 nitrogen and oxygen atoms in total. The minimum Gasteiger partial charge on any atom is -0.352 e. The van der Waals surface area contributed by atoms with E-state index < -0.39 is 0 Å². The minimum absolute atomic E-state index is 0.0178. The summed E-state index contributed by atoms with van der Waals surface area (Å²) in [5.41, 5.74) is 2.38. The molecule has 0 radical (unpaired) electrons. The summed E-state index contributed by atoms with van der Waals surface area (Å²) in [6.45, 7) is 6.70. The zero-order valence-electron chi connectivity index (χ0n) is 15.9. The molecule has 2 rings (SSSR count). The molecule has 1 heterocycles. The molecule has 25 heavy (non-hydrogen) atoms. The average Bonchev–Trinajstić information content (AvgIpc) is 2.59. The van der Waals surface area contributed by atoms with Gasteiger partial charge in [0.15, 0.2) is 0 Å². The van der Waals surface area contributed by atoms with E-state index in [0.29, 0.717) is 19.6 Å². The van der Waals surface area contributed by atoms with Crippen LogP contribution in [0.1, 0.15) is 37.8 Å². The maximum Gasteiger partial charge on any atom is 0.225 e. The number of hydrogen-bond acceptors (Lipinski definition) is 3. The number of nitrogens with zero attached hydrogens (tertiary/aromatic N) is 2. The number of piperidine rings is 1. The molecule has 0 aliphatic carbocycles. The lowest BCUT2D eigenvalue weighted by Crippen LogP contribution is -2.44. The van der Waals surface area contributed by atoms with Gasteiger partial charge in [-0.2, -0.15) is 0 Å². The average molecular weight is 345 g/mol. The molecule has 5 heteroatoms. The molecule has 1 aromatic carbocycles. The molecule has 1 aromatic rings. The van der Waals surface area contributed by atoms with Crippen LogP contribution in [0.5, 0.6) is 0 Å². The predicted molar refractivity (Wildman–Crippen MR) is 99.8 cm³/mol. The van der Waals surface area contributed by atoms with Crippen LogP contribution in [0.3, 0.4) is 0 Å². The summed E-state index contributed by atoms with van der Waals surface area (Å²) >= 11 is 0. The van der Waals surface area contributed by atoms with Gasteiger partial charge in [-0.3, -0.25) is 9.59 Å². The Balaban J connectivity index is 1.76. The SMILES string of the molecule is CC(C)C(=O)N1CCC(C(=O)NCc2ccc(CN(C)C)cc2)CC1. The molecule has 0 atom stereocenters. The Hall–Kier alpha value is -1.88. The third-order valence-corrected chi connectivity index (χ3v) is 4.66. The molecular formula is C20H31N3O2. The molecule has 0 bridgehead atoms. The number of hydrogen-bond donors (Lipinski definition) is 1. The Morgan fingerprint density at radius 3 is 2.20 bits per heavy atom. The molecule has 0 saturated carbocycles. The summed E-state index contributed by atoms with van der Waals surface area (Å²) in [7, 11) is 4.10. The van der Waals surface area contributed by atoms with Crippen molar-refractivity contribution in [3.63, 3.8) is 0 Å². The Morgan fingerprint density at radius 2 is 1.68 bits per heavy atom. The smallest absolute Gasteiger partial charge is 0.225 e. The summed E-state index contributed by atoms with van der Waals surface area (Å²) in [5.74, 6) is 0.343. The summed E-state index contributed by atoms with van der Waals surface area (Å²) in [5, 5.41) is 3.04. The first-order chi connectivity index (χ1) is 11.9. The topological polar surface area (TPSA) is 52.7 Å². The highest BCUT2D eigenvalue weighted by Gasteiger charge is 2.27. The van der Waals surface area contributed by atoms with E-state index >= 15 is 0 Å². The highest BCUT2D eigenvalue weighted by molar-refractivity contribution is 5.80. The lowest BCUT2D eigenvalue weighted by Gasteiger charge is -2.32. The fourth-order valence-electron chi connectivity index (χ4n) is 3.19. The second-order valence-corrected chi connectivity index (χ2v) is 7.53. The molecule has 1 aliphatic heterocycles. The Kier molecular flexibility index (Phi) is 7.00. The van der Waals surface area contributed by atoms with Gasteiger partial charge in [0.25, 0.3) is 0 Å². The maximum absolute atomic E-state index is 12.4. The van der Waals surface area contributed by atoms with Crippen LogP contribution in [0.4, 0.5) is 0 Å². The van der Waals surface area contributed by atoms with Crippen LogP contribution in [0.15, 0.2) is 24.3 Å². The number of carbonyl (C=O) groups excluding carboxylic acids is 2. The quantitative estimate of drug-likeness (QED) is 0.860. The van der Waals surface area contributed by atoms with Crippen molar-refractivity contribution in [2.75, 3.05) is 27.2 Å². The third-order valence-electron chi connectivity index (χ3n) is 4.66. The lowest BCUT2D eigenvalue weighted by atomic mass is 9.95. The standard InChI is InChI=1S/C20H31N3O2/c1-15(2)20(25)23-11-9-18(10-12-23)19(24)21-13-16-5-7-17(8-6-16)14-22(3)4/h5-8,15,18H,9-14H2,1-4H3,(H,21,24). The summed E-state index contributed by atoms with van der Waals surface area (Å²) in [6.07, 6.45) is 1.51. The lowest BCUT2D eigenvalue weighted by molar-refractivity contribution is -0.138. The van der Waals surface area contributed by atoms with Gasteiger partial charge in [0.2, 0.25) is 11.8 Å². The van der Waals surface area contributed by atoms with Crippen LogP contribution in [0, 0.1) is 11.8 Å². The van der Waals surface area contributed by atoms with E-state index in [1.807, 2.05) is 32.8 Å². The van der Waals surface area contributed by atoms with E-state index in [9.17, 15) is 9.59 Å². The van der Waals surface area contributed by atoms with Crippen LogP contribution in [0.2, 0.25) is 0 Å². The van der Waals surface area contributed by atoms with E-state index in [1.54, 1.807) is 0 Å². The first kappa shape index (κ1) is 19.4. The fourth-order valence-corrected chi connectivity index (χ4v) is 3.19.